The topological polar surface area (TPSA) is 58.6 Å². The second-order valence-electron chi connectivity index (χ2n) is 10.2. The maximum absolute atomic E-state index is 13.9. The first-order chi connectivity index (χ1) is 11.8. The number of ether oxygens (including phenoxy) is 1. The lowest BCUT2D eigenvalue weighted by Gasteiger charge is -3.08. The van der Waals surface area contributed by atoms with Crippen LogP contribution >= 0.6 is 0 Å². The van der Waals surface area contributed by atoms with Gasteiger partial charge in [0.15, 0.2) is 0 Å². The van der Waals surface area contributed by atoms with E-state index in [2.05, 4.69) is 5.32 Å². The lowest BCUT2D eigenvalue weighted by atomic mass is 8.96. The zero-order valence-electron chi connectivity index (χ0n) is 14.9. The van der Waals surface area contributed by atoms with Crippen LogP contribution in [-0.4, -0.2) is 47.8 Å². The number of nitrogens with zero attached hydrogens (tertiary/aromatic N) is 1. The first kappa shape index (κ1) is 14.8. The number of hydrogen-bond acceptors (Lipinski definition) is 3. The Hall–Kier alpha value is -1.33. The van der Waals surface area contributed by atoms with Gasteiger partial charge in [-0.2, -0.15) is 0 Å². The second kappa shape index (κ2) is 3.99. The molecule has 6 aliphatic carbocycles. The van der Waals surface area contributed by atoms with Crippen molar-refractivity contribution in [3.05, 3.63) is 0 Å². The van der Waals surface area contributed by atoms with Crippen molar-refractivity contribution in [2.75, 3.05) is 13.1 Å². The fourth-order valence-corrected chi connectivity index (χ4v) is 7.94. The average molecular weight is 348 g/mol. The van der Waals surface area contributed by atoms with Crippen LogP contribution in [0.15, 0.2) is 0 Å². The molecule has 1 heterocycles. The molecule has 5 nitrogen and oxygen atoms in total. The molecular weight excluding hydrogens is 323 g/mol. The summed E-state index contributed by atoms with van der Waals surface area (Å²) in [7, 11) is 0. The van der Waals surface area contributed by atoms with Crippen LogP contribution in [0.25, 0.3) is 0 Å². The third-order valence-electron chi connectivity index (χ3n) is 8.43. The molecular formula is C19H25FN2O3. The number of alkyl halides is 1. The molecule has 0 unspecified atom stereocenters. The largest absolute Gasteiger partial charge is 0.444 e. The molecule has 7 rings (SSSR count). The van der Waals surface area contributed by atoms with Gasteiger partial charge < -0.3 is 10.1 Å². The molecule has 0 spiro atoms. The van der Waals surface area contributed by atoms with Gasteiger partial charge in [-0.25, -0.2) is 9.18 Å². The maximum atomic E-state index is 13.9. The number of carbonyl (C=O) groups is 2. The number of nitrogens with one attached hydrogen (secondary N) is 1. The predicted molar refractivity (Wildman–Crippen MR) is 86.1 cm³/mol. The van der Waals surface area contributed by atoms with Crippen LogP contribution in [0.1, 0.15) is 27.2 Å². The van der Waals surface area contributed by atoms with E-state index in [1.54, 1.807) is 20.8 Å². The van der Waals surface area contributed by atoms with E-state index in [0.717, 1.165) is 48.0 Å². The van der Waals surface area contributed by atoms with Crippen molar-refractivity contribution in [1.82, 2.24) is 10.2 Å². The molecule has 25 heavy (non-hydrogen) atoms. The van der Waals surface area contributed by atoms with Crippen LogP contribution in [0.5, 0.6) is 0 Å². The number of carbonyl (C=O) groups excluding carboxylic acids is 2. The Balaban J connectivity index is 1.10. The molecule has 6 saturated carbocycles. The summed E-state index contributed by atoms with van der Waals surface area (Å²) in [4.78, 5) is 26.3. The Morgan fingerprint density at radius 2 is 1.76 bits per heavy atom. The van der Waals surface area contributed by atoms with E-state index in [4.69, 9.17) is 4.74 Å². The minimum atomic E-state index is -1.16. The van der Waals surface area contributed by atoms with Crippen LogP contribution in [0, 0.1) is 46.8 Å². The van der Waals surface area contributed by atoms with Gasteiger partial charge in [-0.15, -0.1) is 0 Å². The highest BCUT2D eigenvalue weighted by molar-refractivity contribution is 5.86. The lowest BCUT2D eigenvalue weighted by Crippen LogP contribution is -3.06. The standard InChI is InChI=1S/C19H25FN2O3/c1-18(2,3)25-17(24)22-5-7(20)4-8(22)16(23)21-6-19-13-10-9-11(13)15(19)12(9)14(10)19/h7-15H,4-6H2,1-3H3,(H,21,23)/t7-,8+,9?,10?,11?,12?,13?,14?,15?,19?/m1/s1. The molecule has 2 atom stereocenters. The number of rotatable bonds is 3. The van der Waals surface area contributed by atoms with E-state index in [-0.39, 0.29) is 18.9 Å². The van der Waals surface area contributed by atoms with Gasteiger partial charge in [0.05, 0.1) is 6.54 Å². The van der Waals surface area contributed by atoms with Gasteiger partial charge in [-0.1, -0.05) is 0 Å². The summed E-state index contributed by atoms with van der Waals surface area (Å²) in [6.07, 6.45) is -1.68. The molecule has 1 N–H and O–H groups in total. The second-order valence-corrected chi connectivity index (χ2v) is 10.2. The first-order valence-electron chi connectivity index (χ1n) is 9.67. The van der Waals surface area contributed by atoms with E-state index in [0.29, 0.717) is 5.41 Å². The fourth-order valence-electron chi connectivity index (χ4n) is 7.94. The normalized spacial score (nSPS) is 55.0. The minimum absolute atomic E-state index is 0.0556. The van der Waals surface area contributed by atoms with Crippen LogP contribution in [0.2, 0.25) is 0 Å². The SMILES string of the molecule is CC(C)(C)OC(=O)N1C[C@H](F)C[C@H]1C(=O)NCC12C3C4C5C3C1C5C42. The van der Waals surface area contributed by atoms with Crippen molar-refractivity contribution < 1.29 is 18.7 Å². The molecule has 7 aliphatic rings. The quantitative estimate of drug-likeness (QED) is 0.846. The highest BCUT2D eigenvalue weighted by atomic mass is 19.1. The predicted octanol–water partition coefficient (Wildman–Crippen LogP) is 1.82. The van der Waals surface area contributed by atoms with E-state index in [1.807, 2.05) is 0 Å². The van der Waals surface area contributed by atoms with E-state index in [9.17, 15) is 14.0 Å². The van der Waals surface area contributed by atoms with E-state index in [1.165, 1.54) is 4.90 Å². The molecule has 0 aromatic heterocycles. The van der Waals surface area contributed by atoms with Gasteiger partial charge in [0.25, 0.3) is 0 Å². The van der Waals surface area contributed by atoms with Gasteiger partial charge in [0.2, 0.25) is 5.91 Å². The maximum Gasteiger partial charge on any atom is 0.411 e. The molecule has 1 saturated heterocycles. The van der Waals surface area contributed by atoms with Gasteiger partial charge >= 0.3 is 6.09 Å². The number of likely N-dealkylation sites (tertiary alicyclic amines) is 1. The van der Waals surface area contributed by atoms with E-state index >= 15 is 0 Å². The van der Waals surface area contributed by atoms with Crippen LogP contribution < -0.4 is 5.32 Å². The summed E-state index contributed by atoms with van der Waals surface area (Å²) < 4.78 is 19.2. The summed E-state index contributed by atoms with van der Waals surface area (Å²) in [5, 5.41) is 3.08. The summed E-state index contributed by atoms with van der Waals surface area (Å²) in [5.74, 6) is 6.42. The molecule has 0 aromatic carbocycles. The Kier molecular flexibility index (Phi) is 2.36. The Labute approximate surface area is 146 Å². The first-order valence-corrected chi connectivity index (χ1v) is 9.67. The van der Waals surface area contributed by atoms with Crippen molar-refractivity contribution in [3.63, 3.8) is 0 Å². The Morgan fingerprint density at radius 1 is 1.16 bits per heavy atom. The van der Waals surface area contributed by atoms with Gasteiger partial charge in [0.1, 0.15) is 17.8 Å². The van der Waals surface area contributed by atoms with Crippen molar-refractivity contribution in [2.24, 2.45) is 46.8 Å². The molecule has 1 aliphatic heterocycles. The third kappa shape index (κ3) is 1.38. The van der Waals surface area contributed by atoms with Crippen molar-refractivity contribution in [1.29, 1.82) is 0 Å². The molecule has 0 radical (unpaired) electrons. The Bertz CT molecular complexity index is 650. The lowest BCUT2D eigenvalue weighted by molar-refractivity contribution is -0.612. The monoisotopic (exact) mass is 348 g/mol. The summed E-state index contributed by atoms with van der Waals surface area (Å²) in [6.45, 7) is 6.00. The Morgan fingerprint density at radius 3 is 2.32 bits per heavy atom. The third-order valence-corrected chi connectivity index (χ3v) is 8.43. The zero-order valence-corrected chi connectivity index (χ0v) is 14.9. The van der Waals surface area contributed by atoms with Gasteiger partial charge in [-0.3, -0.25) is 9.69 Å². The summed E-state index contributed by atoms with van der Waals surface area (Å²) in [6, 6.07) is -0.739. The molecule has 0 bridgehead atoms. The zero-order chi connectivity index (χ0) is 17.5. The summed E-state index contributed by atoms with van der Waals surface area (Å²) in [5.41, 5.74) is -0.254. The molecule has 2 amide bonds. The van der Waals surface area contributed by atoms with Crippen molar-refractivity contribution in [2.45, 2.75) is 45.0 Å². The highest BCUT2D eigenvalue weighted by Crippen LogP contribution is 3.05. The van der Waals surface area contributed by atoms with Crippen LogP contribution in [-0.2, 0) is 9.53 Å². The fraction of sp³-hybridized carbons (Fsp3) is 0.895. The van der Waals surface area contributed by atoms with Gasteiger partial charge in [0, 0.05) is 13.0 Å². The van der Waals surface area contributed by atoms with Crippen molar-refractivity contribution >= 4 is 12.0 Å². The molecule has 6 heteroatoms. The average Bonchev–Trinajstić information content (AvgIpc) is 2.93. The number of hydrogen-bond donors (Lipinski definition) is 1. The number of amides is 2. The minimum Gasteiger partial charge on any atom is -0.444 e. The highest BCUT2D eigenvalue weighted by Gasteiger charge is 3.03. The summed E-state index contributed by atoms with van der Waals surface area (Å²) >= 11 is 0. The van der Waals surface area contributed by atoms with Gasteiger partial charge in [-0.05, 0) is 67.6 Å². The molecule has 0 aromatic rings. The smallest absolute Gasteiger partial charge is 0.411 e. The van der Waals surface area contributed by atoms with Crippen LogP contribution in [0.4, 0.5) is 9.18 Å². The van der Waals surface area contributed by atoms with E-state index < -0.39 is 23.9 Å². The molecule has 7 fully saturated rings. The molecule has 136 valence electrons. The van der Waals surface area contributed by atoms with Crippen LogP contribution in [0.3, 0.4) is 0 Å². The number of halogens is 1. The van der Waals surface area contributed by atoms with Crippen molar-refractivity contribution in [3.8, 4) is 0 Å².